The maximum Gasteiger partial charge on any atom is 0.352 e. The molecule has 73 heavy (non-hydrogen) atoms. The summed E-state index contributed by atoms with van der Waals surface area (Å²) in [6, 6.07) is -8.75. The van der Waals surface area contributed by atoms with Crippen LogP contribution in [0.1, 0.15) is 89.7 Å². The van der Waals surface area contributed by atoms with Gasteiger partial charge >= 0.3 is 5.97 Å². The monoisotopic (exact) mass is 1030 g/mol. The van der Waals surface area contributed by atoms with Gasteiger partial charge in [-0.1, -0.05) is 19.4 Å². The number of unbranched alkanes of at least 4 members (excludes halogenated alkanes) is 2. The van der Waals surface area contributed by atoms with Gasteiger partial charge in [0.25, 0.3) is 0 Å². The topological polar surface area (TPSA) is 505 Å². The van der Waals surface area contributed by atoms with Gasteiger partial charge in [0.05, 0.1) is 25.0 Å². The molecule has 0 bridgehead atoms. The van der Waals surface area contributed by atoms with Crippen LogP contribution in [-0.2, 0) is 49.6 Å². The Morgan fingerprint density at radius 1 is 0.808 bits per heavy atom. The molecule has 8 atom stereocenters. The maximum atomic E-state index is 14.2. The molecule has 1 saturated heterocycles. The lowest BCUT2D eigenvalue weighted by atomic mass is 10.1. The Kier molecular flexibility index (Phi) is 28.8. The van der Waals surface area contributed by atoms with E-state index in [-0.39, 0.29) is 83.5 Å². The van der Waals surface area contributed by atoms with Crippen LogP contribution in [0.25, 0.3) is 0 Å². The van der Waals surface area contributed by atoms with Crippen molar-refractivity contribution in [2.75, 3.05) is 45.8 Å². The van der Waals surface area contributed by atoms with Crippen LogP contribution in [0.5, 0.6) is 0 Å². The minimum atomic E-state index is -1.56. The molecule has 2 rings (SSSR count). The number of aliphatic hydroxyl groups is 1. The van der Waals surface area contributed by atoms with Crippen LogP contribution in [0.3, 0.4) is 0 Å². The number of aliphatic carboxylic acids is 1. The van der Waals surface area contributed by atoms with Crippen molar-refractivity contribution in [1.82, 2.24) is 52.1 Å². The van der Waals surface area contributed by atoms with Crippen LogP contribution in [0.2, 0.25) is 0 Å². The summed E-state index contributed by atoms with van der Waals surface area (Å²) in [7, 11) is 0. The summed E-state index contributed by atoms with van der Waals surface area (Å²) >= 11 is 0. The Hall–Kier alpha value is -6.79. The van der Waals surface area contributed by atoms with Gasteiger partial charge < -0.3 is 97.5 Å². The number of carbonyl (C=O) groups is 9. The number of aromatic nitrogens is 2. The predicted octanol–water partition coefficient (Wildman–Crippen LogP) is -6.71. The first-order valence-corrected chi connectivity index (χ1v) is 24.4. The lowest BCUT2D eigenvalue weighted by Gasteiger charge is -2.30. The number of imidazole rings is 1. The molecule has 1 aromatic heterocycles. The zero-order valence-electron chi connectivity index (χ0n) is 41.4. The van der Waals surface area contributed by atoms with Crippen molar-refractivity contribution in [3.05, 3.63) is 30.0 Å². The number of nitrogens with one attached hydrogen (secondary N) is 8. The summed E-state index contributed by atoms with van der Waals surface area (Å²) in [6.07, 6.45) is 5.63. The Morgan fingerprint density at radius 2 is 1.47 bits per heavy atom. The zero-order valence-corrected chi connectivity index (χ0v) is 41.4. The number of rotatable bonds is 35. The van der Waals surface area contributed by atoms with Crippen molar-refractivity contribution < 1.29 is 53.4 Å². The number of carboxylic acid groups (broad SMARTS) is 1. The summed E-state index contributed by atoms with van der Waals surface area (Å²) in [5, 5.41) is 37.8. The van der Waals surface area contributed by atoms with Crippen LogP contribution in [0.15, 0.2) is 29.3 Å². The van der Waals surface area contributed by atoms with Gasteiger partial charge in [-0.25, -0.2) is 9.78 Å². The molecule has 2 heterocycles. The number of aliphatic hydroxyl groups excluding tert-OH is 1. The summed E-state index contributed by atoms with van der Waals surface area (Å²) in [5.74, 6) is -7.93. The van der Waals surface area contributed by atoms with E-state index >= 15 is 0 Å². The van der Waals surface area contributed by atoms with Gasteiger partial charge in [0.15, 0.2) is 5.96 Å². The molecule has 1 aliphatic heterocycles. The van der Waals surface area contributed by atoms with Crippen molar-refractivity contribution in [3.63, 3.8) is 0 Å². The minimum absolute atomic E-state index is 0.0250. The first-order chi connectivity index (χ1) is 34.8. The number of nitrogens with two attached hydrogens (primary N) is 7. The summed E-state index contributed by atoms with van der Waals surface area (Å²) in [6.45, 7) is 1.47. The number of aromatic amines is 1. The SMILES string of the molecule is CCC(NC(=O)[C@@H](NC(=O)[C@@H](N)CCCCN)[C@@H](O)CN)C(=O)NCC(=O)N[C@H](CCCN)C(=O)N1CCC[C@H]1C(=O)N[C@@H](Cc1cnc[nH]1)C(=O)N[C@@H](CCCCN)C(=O)N/C(=C\CCN=C(N)N)C(=O)O. The highest BCUT2D eigenvalue weighted by atomic mass is 16.4. The number of amides is 8. The van der Waals surface area contributed by atoms with Crippen LogP contribution >= 0.6 is 0 Å². The average molecular weight is 1040 g/mol. The Bertz CT molecular complexity index is 2020. The smallest absolute Gasteiger partial charge is 0.352 e. The molecule has 0 aromatic carbocycles. The molecule has 24 N–H and O–H groups in total. The lowest BCUT2D eigenvalue weighted by Crippen LogP contribution is -2.61. The van der Waals surface area contributed by atoms with Gasteiger partial charge in [-0.2, -0.15) is 0 Å². The van der Waals surface area contributed by atoms with Gasteiger partial charge in [0.1, 0.15) is 41.9 Å². The molecule has 0 radical (unpaired) electrons. The van der Waals surface area contributed by atoms with Gasteiger partial charge in [-0.3, -0.25) is 43.3 Å². The molecule has 410 valence electrons. The summed E-state index contributed by atoms with van der Waals surface area (Å²) < 4.78 is 0. The molecule has 29 nitrogen and oxygen atoms in total. The quantitative estimate of drug-likeness (QED) is 0.0130. The number of hydrogen-bond acceptors (Lipinski definition) is 17. The third-order valence-corrected chi connectivity index (χ3v) is 11.6. The van der Waals surface area contributed by atoms with E-state index in [0.29, 0.717) is 44.3 Å². The molecular weight excluding hydrogens is 957 g/mol. The van der Waals surface area contributed by atoms with E-state index in [1.54, 1.807) is 6.92 Å². The molecule has 0 saturated carbocycles. The van der Waals surface area contributed by atoms with Gasteiger partial charge in [0, 0.05) is 37.9 Å². The minimum Gasteiger partial charge on any atom is -0.477 e. The fraction of sp³-hybridized carbons (Fsp3) is 0.659. The Labute approximate surface area is 423 Å². The number of carbonyl (C=O) groups excluding carboxylic acids is 8. The molecule has 8 amide bonds. The first-order valence-electron chi connectivity index (χ1n) is 24.4. The molecule has 29 heteroatoms. The van der Waals surface area contributed by atoms with Crippen molar-refractivity contribution in [3.8, 4) is 0 Å². The molecule has 1 unspecified atom stereocenters. The largest absolute Gasteiger partial charge is 0.477 e. The standard InChI is InChI=1S/C44H78N18O11/c1-2-27(57-41(70)35(33(63)21-48)61-36(65)26(49)10-3-5-15-45)37(66)54-23-34(64)56-29(12-7-17-47)42(71)62-19-9-14-32(62)40(69)60-31(20-25-22-52-24-55-25)39(68)58-28(11-4-6-16-46)38(67)59-30(43(72)73)13-8-18-53-44(50)51/h13,22,24,26-29,31-33,35,63H,2-12,14-21,23,45-49H2,1H3,(H,52,55)(H,54,66)(H,56,64)(H,57,70)(H,58,68)(H,59,67)(H,60,69)(H,61,65)(H,72,73)(H4,50,51,53)/b30-13-/t26-,27?,28-,29+,31-,32-,33-,35-/m0/s1. The van der Waals surface area contributed by atoms with E-state index in [1.165, 1.54) is 23.5 Å². The lowest BCUT2D eigenvalue weighted by molar-refractivity contribution is -0.142. The molecule has 1 fully saturated rings. The Morgan fingerprint density at radius 3 is 2.07 bits per heavy atom. The normalized spacial score (nSPS) is 16.3. The number of nitrogens with zero attached hydrogens (tertiary/aromatic N) is 3. The molecule has 0 spiro atoms. The maximum absolute atomic E-state index is 14.2. The second-order valence-corrected chi connectivity index (χ2v) is 17.3. The number of guanidine groups is 1. The van der Waals surface area contributed by atoms with Crippen LogP contribution in [0.4, 0.5) is 0 Å². The van der Waals surface area contributed by atoms with E-state index in [0.717, 1.165) is 0 Å². The number of aliphatic imine (C=N–C) groups is 1. The van der Waals surface area contributed by atoms with E-state index in [4.69, 9.17) is 40.1 Å². The van der Waals surface area contributed by atoms with Crippen LogP contribution < -0.4 is 77.4 Å². The van der Waals surface area contributed by atoms with Crippen LogP contribution in [0, 0.1) is 0 Å². The second kappa shape index (κ2) is 33.8. The zero-order chi connectivity index (χ0) is 54.5. The van der Waals surface area contributed by atoms with Gasteiger partial charge in [-0.15, -0.1) is 0 Å². The summed E-state index contributed by atoms with van der Waals surface area (Å²) in [4.78, 5) is 132. The predicted molar refractivity (Wildman–Crippen MR) is 266 cm³/mol. The van der Waals surface area contributed by atoms with Crippen molar-refractivity contribution >= 4 is 59.2 Å². The average Bonchev–Trinajstić information content (AvgIpc) is 4.08. The molecule has 1 aliphatic rings. The molecular formula is C44H78N18O11. The third-order valence-electron chi connectivity index (χ3n) is 11.6. The fourth-order valence-corrected chi connectivity index (χ4v) is 7.55. The van der Waals surface area contributed by atoms with Crippen molar-refractivity contribution in [2.45, 2.75) is 139 Å². The highest BCUT2D eigenvalue weighted by Crippen LogP contribution is 2.20. The van der Waals surface area contributed by atoms with E-state index in [2.05, 4.69) is 52.2 Å². The highest BCUT2D eigenvalue weighted by Gasteiger charge is 2.40. The number of likely N-dealkylation sites (tertiary alicyclic amines) is 1. The van der Waals surface area contributed by atoms with Gasteiger partial charge in [0.2, 0.25) is 47.3 Å². The second-order valence-electron chi connectivity index (χ2n) is 17.3. The molecule has 0 aliphatic carbocycles. The summed E-state index contributed by atoms with van der Waals surface area (Å²) in [5.41, 5.74) is 39.1. The van der Waals surface area contributed by atoms with E-state index < -0.39 is 120 Å². The first kappa shape index (κ1) is 62.3. The number of carboxylic acids is 1. The Balaban J connectivity index is 2.22. The van der Waals surface area contributed by atoms with E-state index in [1.807, 2.05) is 0 Å². The molecule has 1 aromatic rings. The van der Waals surface area contributed by atoms with Crippen molar-refractivity contribution in [1.29, 1.82) is 0 Å². The highest BCUT2D eigenvalue weighted by molar-refractivity contribution is 5.99. The fourth-order valence-electron chi connectivity index (χ4n) is 7.55. The van der Waals surface area contributed by atoms with E-state index in [9.17, 15) is 53.4 Å². The third kappa shape index (κ3) is 22.3. The van der Waals surface area contributed by atoms with Crippen LogP contribution in [-0.4, -0.2) is 178 Å². The number of hydrogen-bond donors (Lipinski definition) is 17. The van der Waals surface area contributed by atoms with Gasteiger partial charge in [-0.05, 0) is 90.3 Å². The van der Waals surface area contributed by atoms with Crippen molar-refractivity contribution in [2.24, 2.45) is 45.1 Å². The number of H-pyrrole nitrogens is 1.